The van der Waals surface area contributed by atoms with E-state index in [-0.39, 0.29) is 5.78 Å². The predicted molar refractivity (Wildman–Crippen MR) is 95.4 cm³/mol. The quantitative estimate of drug-likeness (QED) is 0.824. The standard InChI is InChI=1S/C21H24O2/c1-21(2,3)20(23)19-12-8-7-11-17(19)15-18(22)14-13-16-9-5-4-6-10-16/h4-14,18,22H,15H2,1-3H3/b14-13+. The third kappa shape index (κ3) is 4.90. The fraction of sp³-hybridized carbons (Fsp3) is 0.286. The highest BCUT2D eigenvalue weighted by Crippen LogP contribution is 2.24. The summed E-state index contributed by atoms with van der Waals surface area (Å²) in [6, 6.07) is 17.4. The number of carbonyl (C=O) groups is 1. The maximum absolute atomic E-state index is 12.5. The highest BCUT2D eigenvalue weighted by molar-refractivity contribution is 6.01. The van der Waals surface area contributed by atoms with Crippen LogP contribution in [0.1, 0.15) is 42.3 Å². The van der Waals surface area contributed by atoms with E-state index in [9.17, 15) is 9.90 Å². The highest BCUT2D eigenvalue weighted by Gasteiger charge is 2.25. The van der Waals surface area contributed by atoms with E-state index in [1.165, 1.54) is 0 Å². The van der Waals surface area contributed by atoms with Gasteiger partial charge in [0.15, 0.2) is 5.78 Å². The van der Waals surface area contributed by atoms with Crippen LogP contribution in [0.2, 0.25) is 0 Å². The summed E-state index contributed by atoms with van der Waals surface area (Å²) >= 11 is 0. The van der Waals surface area contributed by atoms with Crippen LogP contribution >= 0.6 is 0 Å². The zero-order valence-electron chi connectivity index (χ0n) is 14.0. The SMILES string of the molecule is CC(C)(C)C(=O)c1ccccc1CC(O)/C=C/c1ccccc1. The number of hydrogen-bond acceptors (Lipinski definition) is 2. The average Bonchev–Trinajstić information content (AvgIpc) is 2.53. The number of aliphatic hydroxyl groups excluding tert-OH is 1. The largest absolute Gasteiger partial charge is 0.389 e. The molecule has 0 fully saturated rings. The molecule has 2 aromatic rings. The van der Waals surface area contributed by atoms with Crippen LogP contribution in [0.5, 0.6) is 0 Å². The molecule has 0 radical (unpaired) electrons. The minimum atomic E-state index is -0.621. The summed E-state index contributed by atoms with van der Waals surface area (Å²) < 4.78 is 0. The molecule has 0 amide bonds. The smallest absolute Gasteiger partial charge is 0.168 e. The Hall–Kier alpha value is -2.19. The number of Topliss-reactive ketones (excluding diaryl/α,β-unsaturated/α-hetero) is 1. The van der Waals surface area contributed by atoms with E-state index in [4.69, 9.17) is 0 Å². The molecule has 1 atom stereocenters. The van der Waals surface area contributed by atoms with E-state index in [2.05, 4.69) is 0 Å². The first kappa shape index (κ1) is 17.2. The monoisotopic (exact) mass is 308 g/mol. The minimum absolute atomic E-state index is 0.104. The molecule has 23 heavy (non-hydrogen) atoms. The Labute approximate surface area is 138 Å². The predicted octanol–water partition coefficient (Wildman–Crippen LogP) is 4.53. The van der Waals surface area contributed by atoms with Crippen LogP contribution in [0.4, 0.5) is 0 Å². The Kier molecular flexibility index (Phi) is 5.51. The fourth-order valence-corrected chi connectivity index (χ4v) is 2.40. The summed E-state index contributed by atoms with van der Waals surface area (Å²) in [4.78, 5) is 12.5. The second-order valence-corrected chi connectivity index (χ2v) is 6.78. The Bertz CT molecular complexity index is 678. The molecule has 0 bridgehead atoms. The summed E-state index contributed by atoms with van der Waals surface area (Å²) in [5, 5.41) is 10.3. The zero-order chi connectivity index (χ0) is 16.9. The molecule has 0 saturated carbocycles. The Morgan fingerprint density at radius 3 is 2.30 bits per heavy atom. The molecular formula is C21H24O2. The van der Waals surface area contributed by atoms with Gasteiger partial charge in [0.25, 0.3) is 0 Å². The molecule has 2 heteroatoms. The van der Waals surface area contributed by atoms with Crippen LogP contribution < -0.4 is 0 Å². The third-order valence-electron chi connectivity index (χ3n) is 3.68. The van der Waals surface area contributed by atoms with Crippen molar-refractivity contribution in [3.63, 3.8) is 0 Å². The van der Waals surface area contributed by atoms with Crippen molar-refractivity contribution in [2.45, 2.75) is 33.3 Å². The minimum Gasteiger partial charge on any atom is -0.389 e. The second kappa shape index (κ2) is 7.38. The molecule has 2 rings (SSSR count). The number of carbonyl (C=O) groups excluding carboxylic acids is 1. The van der Waals surface area contributed by atoms with Gasteiger partial charge in [-0.1, -0.05) is 87.5 Å². The van der Waals surface area contributed by atoms with E-state index >= 15 is 0 Å². The van der Waals surface area contributed by atoms with E-state index in [1.54, 1.807) is 6.08 Å². The van der Waals surface area contributed by atoms with Crippen LogP contribution in [-0.2, 0) is 6.42 Å². The van der Waals surface area contributed by atoms with Crippen molar-refractivity contribution < 1.29 is 9.90 Å². The zero-order valence-corrected chi connectivity index (χ0v) is 14.0. The average molecular weight is 308 g/mol. The van der Waals surface area contributed by atoms with E-state index in [1.807, 2.05) is 81.4 Å². The first-order valence-electron chi connectivity index (χ1n) is 7.92. The molecule has 0 heterocycles. The van der Waals surface area contributed by atoms with Crippen LogP contribution in [0.25, 0.3) is 6.08 Å². The van der Waals surface area contributed by atoms with Crippen molar-refractivity contribution in [2.75, 3.05) is 0 Å². The van der Waals surface area contributed by atoms with Gasteiger partial charge in [0.1, 0.15) is 0 Å². The lowest BCUT2D eigenvalue weighted by Crippen LogP contribution is -2.22. The van der Waals surface area contributed by atoms with E-state index < -0.39 is 11.5 Å². The van der Waals surface area contributed by atoms with Gasteiger partial charge >= 0.3 is 0 Å². The molecule has 0 aliphatic rings. The van der Waals surface area contributed by atoms with Gasteiger partial charge in [-0.2, -0.15) is 0 Å². The lowest BCUT2D eigenvalue weighted by Gasteiger charge is -2.19. The molecule has 2 nitrogen and oxygen atoms in total. The molecule has 0 saturated heterocycles. The molecule has 0 aliphatic carbocycles. The van der Waals surface area contributed by atoms with Gasteiger partial charge in [-0.15, -0.1) is 0 Å². The van der Waals surface area contributed by atoms with Crippen molar-refractivity contribution in [2.24, 2.45) is 5.41 Å². The molecule has 1 N–H and O–H groups in total. The summed E-state index contributed by atoms with van der Waals surface area (Å²) in [5.41, 5.74) is 2.21. The summed E-state index contributed by atoms with van der Waals surface area (Å²) in [7, 11) is 0. The molecule has 0 aliphatic heterocycles. The van der Waals surface area contributed by atoms with Gasteiger partial charge in [-0.3, -0.25) is 4.79 Å². The summed E-state index contributed by atoms with van der Waals surface area (Å²) in [5.74, 6) is 0.104. The summed E-state index contributed by atoms with van der Waals surface area (Å²) in [6.45, 7) is 5.74. The lowest BCUT2D eigenvalue weighted by molar-refractivity contribution is 0.0857. The maximum atomic E-state index is 12.5. The van der Waals surface area contributed by atoms with Gasteiger partial charge in [0, 0.05) is 17.4 Å². The van der Waals surface area contributed by atoms with E-state index in [0.29, 0.717) is 12.0 Å². The van der Waals surface area contributed by atoms with Gasteiger partial charge in [0.05, 0.1) is 6.10 Å². The molecule has 2 aromatic carbocycles. The van der Waals surface area contributed by atoms with Crippen LogP contribution in [0.3, 0.4) is 0 Å². The summed E-state index contributed by atoms with van der Waals surface area (Å²) in [6.07, 6.45) is 3.48. The molecule has 0 aromatic heterocycles. The Morgan fingerprint density at radius 1 is 1.04 bits per heavy atom. The topological polar surface area (TPSA) is 37.3 Å². The van der Waals surface area contributed by atoms with Crippen molar-refractivity contribution in [3.8, 4) is 0 Å². The van der Waals surface area contributed by atoms with Crippen molar-refractivity contribution in [1.29, 1.82) is 0 Å². The van der Waals surface area contributed by atoms with Gasteiger partial charge in [0.2, 0.25) is 0 Å². The number of ketones is 1. The Morgan fingerprint density at radius 2 is 1.65 bits per heavy atom. The van der Waals surface area contributed by atoms with Crippen molar-refractivity contribution in [1.82, 2.24) is 0 Å². The molecule has 120 valence electrons. The number of rotatable bonds is 5. The lowest BCUT2D eigenvalue weighted by atomic mass is 9.84. The number of hydrogen-bond donors (Lipinski definition) is 1. The fourth-order valence-electron chi connectivity index (χ4n) is 2.40. The number of benzene rings is 2. The normalized spacial score (nSPS) is 13.2. The van der Waals surface area contributed by atoms with Crippen molar-refractivity contribution in [3.05, 3.63) is 77.4 Å². The van der Waals surface area contributed by atoms with Gasteiger partial charge in [-0.25, -0.2) is 0 Å². The van der Waals surface area contributed by atoms with Crippen LogP contribution in [0.15, 0.2) is 60.7 Å². The van der Waals surface area contributed by atoms with Crippen LogP contribution in [0, 0.1) is 5.41 Å². The Balaban J connectivity index is 2.14. The van der Waals surface area contributed by atoms with Gasteiger partial charge in [-0.05, 0) is 11.1 Å². The van der Waals surface area contributed by atoms with Crippen LogP contribution in [-0.4, -0.2) is 17.0 Å². The second-order valence-electron chi connectivity index (χ2n) is 6.78. The van der Waals surface area contributed by atoms with Crippen molar-refractivity contribution >= 4 is 11.9 Å². The van der Waals surface area contributed by atoms with E-state index in [0.717, 1.165) is 11.1 Å². The third-order valence-corrected chi connectivity index (χ3v) is 3.68. The maximum Gasteiger partial charge on any atom is 0.168 e. The molecular weight excluding hydrogens is 284 g/mol. The van der Waals surface area contributed by atoms with Gasteiger partial charge < -0.3 is 5.11 Å². The number of aliphatic hydroxyl groups is 1. The highest BCUT2D eigenvalue weighted by atomic mass is 16.3. The first-order valence-corrected chi connectivity index (χ1v) is 7.92. The molecule has 1 unspecified atom stereocenters. The first-order chi connectivity index (χ1) is 10.9. The molecule has 0 spiro atoms.